The number of hydrazine groups is 1. The van der Waals surface area contributed by atoms with Gasteiger partial charge in [-0.25, -0.2) is 0 Å². The van der Waals surface area contributed by atoms with Crippen LogP contribution in [0.4, 0.5) is 0 Å². The molecule has 0 fully saturated rings. The number of ether oxygens (including phenoxy) is 1. The Kier molecular flexibility index (Phi) is 5.41. The Balaban J connectivity index is 1.90. The van der Waals surface area contributed by atoms with Crippen LogP contribution >= 0.6 is 11.6 Å². The Hall–Kier alpha value is -1.55. The Morgan fingerprint density at radius 2 is 1.95 bits per heavy atom. The number of hydrogen-bond acceptors (Lipinski definition) is 3. The van der Waals surface area contributed by atoms with Crippen LogP contribution in [0.2, 0.25) is 5.02 Å². The number of hydrogen-bond donors (Lipinski definition) is 2. The van der Waals surface area contributed by atoms with Crippen molar-refractivity contribution in [1.29, 1.82) is 0 Å². The molecule has 0 aliphatic carbocycles. The predicted octanol–water partition coefficient (Wildman–Crippen LogP) is 3.10. The summed E-state index contributed by atoms with van der Waals surface area (Å²) in [4.78, 5) is 0. The first kappa shape index (κ1) is 14.9. The van der Waals surface area contributed by atoms with Gasteiger partial charge >= 0.3 is 0 Å². The first-order valence-electron chi connectivity index (χ1n) is 6.57. The molecule has 2 aromatic rings. The smallest absolute Gasteiger partial charge is 0.119 e. The van der Waals surface area contributed by atoms with Gasteiger partial charge in [-0.2, -0.15) is 0 Å². The van der Waals surface area contributed by atoms with Gasteiger partial charge in [0.15, 0.2) is 0 Å². The van der Waals surface area contributed by atoms with Gasteiger partial charge in [-0.05, 0) is 43.2 Å². The van der Waals surface area contributed by atoms with E-state index in [4.69, 9.17) is 22.2 Å². The van der Waals surface area contributed by atoms with Crippen LogP contribution in [-0.4, -0.2) is 12.6 Å². The zero-order chi connectivity index (χ0) is 14.4. The largest absolute Gasteiger partial charge is 0.492 e. The normalized spacial score (nSPS) is 12.2. The molecule has 0 aliphatic rings. The molecule has 2 rings (SSSR count). The second-order valence-corrected chi connectivity index (χ2v) is 5.26. The molecule has 1 unspecified atom stereocenters. The van der Waals surface area contributed by atoms with Crippen LogP contribution in [0, 0.1) is 6.92 Å². The van der Waals surface area contributed by atoms with Crippen molar-refractivity contribution in [3.05, 3.63) is 64.7 Å². The monoisotopic (exact) mass is 290 g/mol. The third-order valence-corrected chi connectivity index (χ3v) is 3.32. The fourth-order valence-corrected chi connectivity index (χ4v) is 2.14. The van der Waals surface area contributed by atoms with Gasteiger partial charge < -0.3 is 4.74 Å². The summed E-state index contributed by atoms with van der Waals surface area (Å²) in [6.07, 6.45) is 0.825. The summed E-state index contributed by atoms with van der Waals surface area (Å²) < 4.78 is 5.72. The standard InChI is InChI=1S/C16H19ClN2O/c1-12-3-2-4-13(9-12)10-15(19-18)11-20-16-7-5-14(17)6-8-16/h2-9,15,19H,10-11,18H2,1H3. The maximum absolute atomic E-state index is 5.84. The molecule has 106 valence electrons. The number of halogens is 1. The minimum Gasteiger partial charge on any atom is -0.492 e. The van der Waals surface area contributed by atoms with Gasteiger partial charge in [0.05, 0.1) is 6.04 Å². The van der Waals surface area contributed by atoms with Gasteiger partial charge in [-0.3, -0.25) is 11.3 Å². The Labute approximate surface area is 124 Å². The molecule has 0 spiro atoms. The maximum Gasteiger partial charge on any atom is 0.119 e. The molecule has 3 N–H and O–H groups in total. The van der Waals surface area contributed by atoms with Crippen molar-refractivity contribution in [2.75, 3.05) is 6.61 Å². The maximum atomic E-state index is 5.84. The second kappa shape index (κ2) is 7.29. The number of nitrogens with two attached hydrogens (primary N) is 1. The highest BCUT2D eigenvalue weighted by Gasteiger charge is 2.09. The van der Waals surface area contributed by atoms with E-state index in [1.165, 1.54) is 11.1 Å². The summed E-state index contributed by atoms with van der Waals surface area (Å²) in [7, 11) is 0. The molecule has 0 aromatic heterocycles. The zero-order valence-electron chi connectivity index (χ0n) is 11.5. The highest BCUT2D eigenvalue weighted by Crippen LogP contribution is 2.16. The van der Waals surface area contributed by atoms with E-state index in [0.29, 0.717) is 11.6 Å². The third kappa shape index (κ3) is 4.53. The topological polar surface area (TPSA) is 47.3 Å². The third-order valence-electron chi connectivity index (χ3n) is 3.07. The van der Waals surface area contributed by atoms with Crippen molar-refractivity contribution in [2.24, 2.45) is 5.84 Å². The highest BCUT2D eigenvalue weighted by molar-refractivity contribution is 6.30. The summed E-state index contributed by atoms with van der Waals surface area (Å²) in [5.41, 5.74) is 5.29. The Morgan fingerprint density at radius 3 is 2.60 bits per heavy atom. The number of rotatable bonds is 6. The summed E-state index contributed by atoms with van der Waals surface area (Å²) in [5.74, 6) is 6.39. The molecule has 0 aliphatic heterocycles. The van der Waals surface area contributed by atoms with Crippen molar-refractivity contribution >= 4 is 11.6 Å². The second-order valence-electron chi connectivity index (χ2n) is 4.82. The van der Waals surface area contributed by atoms with Gasteiger partial charge in [0.1, 0.15) is 12.4 Å². The average Bonchev–Trinajstić information content (AvgIpc) is 2.45. The van der Waals surface area contributed by atoms with Crippen molar-refractivity contribution in [2.45, 2.75) is 19.4 Å². The van der Waals surface area contributed by atoms with E-state index < -0.39 is 0 Å². The van der Waals surface area contributed by atoms with Gasteiger partial charge in [0, 0.05) is 5.02 Å². The Morgan fingerprint density at radius 1 is 1.20 bits per heavy atom. The summed E-state index contributed by atoms with van der Waals surface area (Å²) >= 11 is 5.84. The van der Waals surface area contributed by atoms with Crippen molar-refractivity contribution in [1.82, 2.24) is 5.43 Å². The molecule has 2 aromatic carbocycles. The molecule has 0 saturated heterocycles. The van der Waals surface area contributed by atoms with E-state index >= 15 is 0 Å². The highest BCUT2D eigenvalue weighted by atomic mass is 35.5. The molecule has 0 heterocycles. The van der Waals surface area contributed by atoms with Gasteiger partial charge in [-0.1, -0.05) is 41.4 Å². The molecular formula is C16H19ClN2O. The Bertz CT molecular complexity index is 542. The quantitative estimate of drug-likeness (QED) is 0.635. The molecule has 0 amide bonds. The first-order valence-corrected chi connectivity index (χ1v) is 6.95. The van der Waals surface area contributed by atoms with Crippen LogP contribution in [-0.2, 0) is 6.42 Å². The van der Waals surface area contributed by atoms with Gasteiger partial charge in [-0.15, -0.1) is 0 Å². The van der Waals surface area contributed by atoms with E-state index in [0.717, 1.165) is 12.2 Å². The summed E-state index contributed by atoms with van der Waals surface area (Å²) in [6.45, 7) is 2.59. The number of benzene rings is 2. The lowest BCUT2D eigenvalue weighted by Gasteiger charge is -2.17. The summed E-state index contributed by atoms with van der Waals surface area (Å²) in [6, 6.07) is 15.8. The SMILES string of the molecule is Cc1cccc(CC(COc2ccc(Cl)cc2)NN)c1. The van der Waals surface area contributed by atoms with E-state index in [-0.39, 0.29) is 6.04 Å². The van der Waals surface area contributed by atoms with Crippen molar-refractivity contribution < 1.29 is 4.74 Å². The van der Waals surface area contributed by atoms with E-state index in [9.17, 15) is 0 Å². The molecule has 0 saturated carbocycles. The number of aryl methyl sites for hydroxylation is 1. The fraction of sp³-hybridized carbons (Fsp3) is 0.250. The lowest BCUT2D eigenvalue weighted by Crippen LogP contribution is -2.41. The van der Waals surface area contributed by atoms with Crippen LogP contribution in [0.5, 0.6) is 5.75 Å². The van der Waals surface area contributed by atoms with E-state index in [2.05, 4.69) is 36.6 Å². The van der Waals surface area contributed by atoms with Crippen LogP contribution in [0.3, 0.4) is 0 Å². The van der Waals surface area contributed by atoms with Crippen molar-refractivity contribution in [3.63, 3.8) is 0 Å². The van der Waals surface area contributed by atoms with Gasteiger partial charge in [0.2, 0.25) is 0 Å². The number of nitrogens with one attached hydrogen (secondary N) is 1. The molecule has 0 bridgehead atoms. The van der Waals surface area contributed by atoms with E-state index in [1.54, 1.807) is 0 Å². The van der Waals surface area contributed by atoms with Crippen LogP contribution < -0.4 is 16.0 Å². The van der Waals surface area contributed by atoms with Crippen LogP contribution in [0.25, 0.3) is 0 Å². The fourth-order valence-electron chi connectivity index (χ4n) is 2.02. The predicted molar refractivity (Wildman–Crippen MR) is 82.9 cm³/mol. The minimum atomic E-state index is 0.0625. The van der Waals surface area contributed by atoms with Crippen molar-refractivity contribution in [3.8, 4) is 5.75 Å². The molecule has 4 heteroatoms. The zero-order valence-corrected chi connectivity index (χ0v) is 12.2. The van der Waals surface area contributed by atoms with E-state index in [1.807, 2.05) is 24.3 Å². The molecule has 20 heavy (non-hydrogen) atoms. The van der Waals surface area contributed by atoms with Gasteiger partial charge in [0.25, 0.3) is 0 Å². The average molecular weight is 291 g/mol. The summed E-state index contributed by atoms with van der Waals surface area (Å²) in [5, 5.41) is 0.700. The lowest BCUT2D eigenvalue weighted by atomic mass is 10.0. The molecule has 0 radical (unpaired) electrons. The first-order chi connectivity index (χ1) is 9.67. The minimum absolute atomic E-state index is 0.0625. The molecule has 1 atom stereocenters. The molecule has 3 nitrogen and oxygen atoms in total. The molecular weight excluding hydrogens is 272 g/mol. The van der Waals surface area contributed by atoms with Crippen LogP contribution in [0.1, 0.15) is 11.1 Å². The lowest BCUT2D eigenvalue weighted by molar-refractivity contribution is 0.264. The van der Waals surface area contributed by atoms with Crippen LogP contribution in [0.15, 0.2) is 48.5 Å².